The maximum absolute atomic E-state index is 16.4. The van der Waals surface area contributed by atoms with E-state index in [4.69, 9.17) is 28.4 Å². The quantitative estimate of drug-likeness (QED) is 0.222. The number of ketones is 2. The van der Waals surface area contributed by atoms with Gasteiger partial charge in [0.2, 0.25) is 11.6 Å². The van der Waals surface area contributed by atoms with Crippen LogP contribution in [-0.4, -0.2) is 118 Å². The maximum Gasteiger partial charge on any atom is 0.302 e. The summed E-state index contributed by atoms with van der Waals surface area (Å²) in [6.45, 7) is 8.53. The third-order valence-corrected chi connectivity index (χ3v) is 21.5. The topological polar surface area (TPSA) is 239 Å². The fourth-order valence-corrected chi connectivity index (χ4v) is 19.8. The van der Waals surface area contributed by atoms with Crippen LogP contribution >= 0.6 is 0 Å². The molecule has 4 heterocycles. The lowest BCUT2D eigenvalue weighted by Crippen LogP contribution is -2.84. The summed E-state index contributed by atoms with van der Waals surface area (Å²) in [6.07, 6.45) is 0.249. The van der Waals surface area contributed by atoms with Crippen LogP contribution in [0.15, 0.2) is 0 Å². The number of carbonyl (C=O) groups excluding carboxylic acids is 6. The average Bonchev–Trinajstić information content (AvgIpc) is 3.56. The summed E-state index contributed by atoms with van der Waals surface area (Å²) in [4.78, 5) is 82.3. The molecule has 13 fully saturated rings. The minimum absolute atomic E-state index is 0.0444. The molecular weight excluding hydrogens is 833 g/mol. The third-order valence-electron chi connectivity index (χ3n) is 21.5. The van der Waals surface area contributed by atoms with Crippen LogP contribution in [-0.2, 0) is 57.2 Å². The standard InChI is InChI=1S/C48H64O16/c1-23(49)59-19-39(5)31(63-25(3)51)11-13-41-21-61-47(57,35(53)33(39)41)45-17-27(7-9-29(41)45)43(37(45)55)15-16-44(43)28-8-10-30-42-14-12-32(64-26(4)52)40(6,20-60-24(2)50)34(42)36(54)48(58,62-22-42)46(30,18-28)38(44)56/h27-36,53-54,57-58H,7-22H2,1-6H3/t27-,28-,29+,30+,31+,32+,33-,34-,35+,36+,39-,40-,41-,42-,43-,44+,45+,46+,47-,48-/m1/s1. The molecule has 6 spiro atoms. The first kappa shape index (κ1) is 43.5. The second-order valence-corrected chi connectivity index (χ2v) is 23.2. The molecule has 4 N–H and O–H groups in total. The summed E-state index contributed by atoms with van der Waals surface area (Å²) in [6, 6.07) is 0. The van der Waals surface area contributed by atoms with E-state index in [2.05, 4.69) is 0 Å². The van der Waals surface area contributed by atoms with Crippen LogP contribution in [0, 0.1) is 78.8 Å². The maximum atomic E-state index is 16.4. The number of hydrogen-bond donors (Lipinski definition) is 4. The van der Waals surface area contributed by atoms with Gasteiger partial charge in [-0.2, -0.15) is 0 Å². The van der Waals surface area contributed by atoms with E-state index in [-0.39, 0.29) is 62.7 Å². The summed E-state index contributed by atoms with van der Waals surface area (Å²) in [5.41, 5.74) is -9.63. The van der Waals surface area contributed by atoms with Crippen molar-refractivity contribution >= 4 is 35.4 Å². The zero-order chi connectivity index (χ0) is 45.8. The van der Waals surface area contributed by atoms with E-state index in [0.29, 0.717) is 64.2 Å². The van der Waals surface area contributed by atoms with Crippen LogP contribution < -0.4 is 0 Å². The number of rotatable bonds is 6. The third kappa shape index (κ3) is 4.37. The highest BCUT2D eigenvalue weighted by atomic mass is 16.7. The van der Waals surface area contributed by atoms with E-state index >= 15 is 9.59 Å². The molecule has 4 saturated heterocycles. The largest absolute Gasteiger partial charge is 0.465 e. The molecule has 9 aliphatic carbocycles. The lowest BCUT2D eigenvalue weighted by Gasteiger charge is -2.74. The zero-order valence-corrected chi connectivity index (χ0v) is 37.8. The van der Waals surface area contributed by atoms with Crippen molar-refractivity contribution in [3.05, 3.63) is 0 Å². The lowest BCUT2D eigenvalue weighted by molar-refractivity contribution is -0.444. The molecule has 13 rings (SSSR count). The summed E-state index contributed by atoms with van der Waals surface area (Å²) in [5, 5.41) is 51.9. The Hall–Kier alpha value is -3.02. The van der Waals surface area contributed by atoms with Crippen molar-refractivity contribution in [1.29, 1.82) is 0 Å². The van der Waals surface area contributed by atoms with Crippen LogP contribution in [0.1, 0.15) is 119 Å². The summed E-state index contributed by atoms with van der Waals surface area (Å²) >= 11 is 0. The van der Waals surface area contributed by atoms with Gasteiger partial charge in [0, 0.05) is 72.0 Å². The molecule has 8 bridgehead atoms. The van der Waals surface area contributed by atoms with Gasteiger partial charge in [0.15, 0.2) is 11.6 Å². The smallest absolute Gasteiger partial charge is 0.302 e. The molecule has 16 nitrogen and oxygen atoms in total. The Balaban J connectivity index is 0.998. The Bertz CT molecular complexity index is 2010. The first-order valence-corrected chi connectivity index (χ1v) is 23.8. The van der Waals surface area contributed by atoms with Gasteiger partial charge in [0.1, 0.15) is 37.6 Å². The fourth-order valence-electron chi connectivity index (χ4n) is 19.8. The minimum atomic E-state index is -2.37. The van der Waals surface area contributed by atoms with Crippen molar-refractivity contribution in [1.82, 2.24) is 0 Å². The number of carbonyl (C=O) groups is 6. The van der Waals surface area contributed by atoms with Crippen LogP contribution in [0.4, 0.5) is 0 Å². The number of aliphatic hydroxyl groups excluding tert-OH is 2. The second kappa shape index (κ2) is 12.9. The van der Waals surface area contributed by atoms with E-state index < -0.39 is 127 Å². The number of aliphatic hydroxyl groups is 4. The first-order chi connectivity index (χ1) is 30.0. The second-order valence-electron chi connectivity index (χ2n) is 23.2. The van der Waals surface area contributed by atoms with Crippen LogP contribution in [0.5, 0.6) is 0 Å². The van der Waals surface area contributed by atoms with Gasteiger partial charge in [0.05, 0.1) is 24.0 Å². The Labute approximate surface area is 372 Å². The summed E-state index contributed by atoms with van der Waals surface area (Å²) in [7, 11) is 0. The lowest BCUT2D eigenvalue weighted by atomic mass is 9.35. The highest BCUT2D eigenvalue weighted by Gasteiger charge is 2.94. The van der Waals surface area contributed by atoms with E-state index in [9.17, 15) is 39.6 Å². The number of fused-ring (bicyclic) bond motifs is 7. The van der Waals surface area contributed by atoms with E-state index in [1.165, 1.54) is 27.7 Å². The zero-order valence-electron chi connectivity index (χ0n) is 37.8. The molecule has 0 aromatic carbocycles. The molecule has 0 amide bonds. The summed E-state index contributed by atoms with van der Waals surface area (Å²) < 4.78 is 36.0. The van der Waals surface area contributed by atoms with Gasteiger partial charge in [-0.15, -0.1) is 0 Å². The molecule has 9 saturated carbocycles. The Morgan fingerprint density at radius 3 is 1.27 bits per heavy atom. The number of esters is 4. The van der Waals surface area contributed by atoms with Crippen LogP contribution in [0.3, 0.4) is 0 Å². The van der Waals surface area contributed by atoms with Crippen molar-refractivity contribution in [3.8, 4) is 0 Å². The minimum Gasteiger partial charge on any atom is -0.465 e. The van der Waals surface area contributed by atoms with Gasteiger partial charge in [-0.3, -0.25) is 28.8 Å². The predicted molar refractivity (Wildman–Crippen MR) is 215 cm³/mol. The highest BCUT2D eigenvalue weighted by Crippen LogP contribution is 2.88. The van der Waals surface area contributed by atoms with Crippen LogP contribution in [0.2, 0.25) is 0 Å². The number of hydrogen-bond acceptors (Lipinski definition) is 16. The fraction of sp³-hybridized carbons (Fsp3) is 0.875. The molecule has 0 aromatic heterocycles. The molecular formula is C48H64O16. The highest BCUT2D eigenvalue weighted by molar-refractivity contribution is 6.07. The first-order valence-electron chi connectivity index (χ1n) is 23.8. The Morgan fingerprint density at radius 2 is 0.938 bits per heavy atom. The Kier molecular flexibility index (Phi) is 8.80. The molecule has 20 atom stereocenters. The van der Waals surface area contributed by atoms with Crippen LogP contribution in [0.25, 0.3) is 0 Å². The van der Waals surface area contributed by atoms with Gasteiger partial charge in [-0.25, -0.2) is 0 Å². The monoisotopic (exact) mass is 896 g/mol. The van der Waals surface area contributed by atoms with Gasteiger partial charge < -0.3 is 48.8 Å². The normalized spacial score (nSPS) is 56.7. The average molecular weight is 897 g/mol. The molecule has 13 aliphatic rings. The van der Waals surface area contributed by atoms with E-state index in [0.717, 1.165) is 0 Å². The Morgan fingerprint density at radius 1 is 0.562 bits per heavy atom. The van der Waals surface area contributed by atoms with Gasteiger partial charge in [-0.1, -0.05) is 13.8 Å². The molecule has 16 heteroatoms. The van der Waals surface area contributed by atoms with Gasteiger partial charge in [0.25, 0.3) is 0 Å². The molecule has 0 unspecified atom stereocenters. The van der Waals surface area contributed by atoms with Crippen molar-refractivity contribution in [3.63, 3.8) is 0 Å². The molecule has 64 heavy (non-hydrogen) atoms. The van der Waals surface area contributed by atoms with Crippen molar-refractivity contribution in [2.24, 2.45) is 78.8 Å². The predicted octanol–water partition coefficient (Wildman–Crippen LogP) is 2.71. The summed E-state index contributed by atoms with van der Waals surface area (Å²) in [5.74, 6) is -10.5. The van der Waals surface area contributed by atoms with Crippen molar-refractivity contribution in [2.75, 3.05) is 26.4 Å². The molecule has 4 aliphatic heterocycles. The van der Waals surface area contributed by atoms with Crippen molar-refractivity contribution in [2.45, 2.75) is 155 Å². The molecule has 352 valence electrons. The van der Waals surface area contributed by atoms with Gasteiger partial charge in [-0.05, 0) is 101 Å². The van der Waals surface area contributed by atoms with E-state index in [1.807, 2.05) is 13.8 Å². The molecule has 0 radical (unpaired) electrons. The van der Waals surface area contributed by atoms with Gasteiger partial charge >= 0.3 is 23.9 Å². The number of ether oxygens (including phenoxy) is 6. The number of Topliss-reactive ketones (excluding diaryl/α,β-unsaturated/α-hetero) is 2. The van der Waals surface area contributed by atoms with Crippen molar-refractivity contribution < 1.29 is 77.6 Å². The van der Waals surface area contributed by atoms with E-state index in [1.54, 1.807) is 0 Å². The SMILES string of the molecule is CC(=O)OC[C@]1(C)[C@@H](OC(C)=O)CC[C@]23CO[C@](O)([C@@H](O)[C@H]12)[C@@]12C[C@@H](CC[C@@H]31)[C@]1(CC[C@]13C(=O)[C@]14C[C@H]3CC[C@H]1[C@]13CC[C@H](OC(C)=O)[C@@](C)(COC(C)=O)[C@H]1[C@H](O)[C@@]4(O)OC3)C2=O. The molecule has 0 aromatic rings.